The largest absolute Gasteiger partial charge is 0.444 e. The van der Waals surface area contributed by atoms with Gasteiger partial charge in [-0.3, -0.25) is 4.90 Å². The number of benzene rings is 1. The van der Waals surface area contributed by atoms with Crippen LogP contribution in [0.15, 0.2) is 18.2 Å². The summed E-state index contributed by atoms with van der Waals surface area (Å²) in [5.74, 6) is 0. The Labute approximate surface area is 125 Å². The quantitative estimate of drug-likeness (QED) is 0.805. The first-order valence-electron chi connectivity index (χ1n) is 6.94. The normalized spacial score (nSPS) is 20.8. The Morgan fingerprint density at radius 1 is 1.52 bits per heavy atom. The van der Waals surface area contributed by atoms with Gasteiger partial charge in [0.1, 0.15) is 5.60 Å². The van der Waals surface area contributed by atoms with Crippen LogP contribution in [0.1, 0.15) is 45.2 Å². The number of ether oxygens (including phenoxy) is 1. The number of nitrogens with two attached hydrogens (primary N) is 1. The standard InChI is InChI=1S/C16H21N3O2/c1-15(2,3)21-14(20)19-10-11-9-12(18)5-6-13(11)16(19,4)7-8-17/h5-6,9H,7,10,18H2,1-4H3. The molecule has 0 aliphatic carbocycles. The highest BCUT2D eigenvalue weighted by molar-refractivity contribution is 5.72. The zero-order chi connectivity index (χ0) is 15.8. The Morgan fingerprint density at radius 2 is 2.19 bits per heavy atom. The van der Waals surface area contributed by atoms with Gasteiger partial charge in [-0.25, -0.2) is 4.79 Å². The van der Waals surface area contributed by atoms with Crippen molar-refractivity contribution in [2.75, 3.05) is 5.73 Å². The van der Waals surface area contributed by atoms with Crippen molar-refractivity contribution >= 4 is 11.8 Å². The number of nitriles is 1. The lowest BCUT2D eigenvalue weighted by molar-refractivity contribution is 0.00264. The van der Waals surface area contributed by atoms with Crippen molar-refractivity contribution in [3.05, 3.63) is 29.3 Å². The Hall–Kier alpha value is -2.22. The van der Waals surface area contributed by atoms with Crippen molar-refractivity contribution in [3.63, 3.8) is 0 Å². The third-order valence-corrected chi connectivity index (χ3v) is 3.67. The van der Waals surface area contributed by atoms with Crippen LogP contribution in [0.3, 0.4) is 0 Å². The van der Waals surface area contributed by atoms with Gasteiger partial charge in [0.05, 0.1) is 24.6 Å². The molecule has 2 N–H and O–H groups in total. The lowest BCUT2D eigenvalue weighted by Crippen LogP contribution is -2.44. The SMILES string of the molecule is CC(C)(C)OC(=O)N1Cc2cc(N)ccc2C1(C)CC#N. The number of nitrogens with zero attached hydrogens (tertiary/aromatic N) is 2. The van der Waals surface area contributed by atoms with Crippen LogP contribution in [-0.4, -0.2) is 16.6 Å². The van der Waals surface area contributed by atoms with E-state index in [1.807, 2.05) is 39.8 Å². The molecule has 0 fully saturated rings. The van der Waals surface area contributed by atoms with E-state index in [2.05, 4.69) is 6.07 Å². The molecule has 0 aromatic heterocycles. The first-order valence-corrected chi connectivity index (χ1v) is 6.94. The molecule has 1 aliphatic heterocycles. The van der Waals surface area contributed by atoms with E-state index >= 15 is 0 Å². The van der Waals surface area contributed by atoms with Gasteiger partial charge in [-0.15, -0.1) is 0 Å². The summed E-state index contributed by atoms with van der Waals surface area (Å²) in [6.45, 7) is 7.78. The predicted molar refractivity (Wildman–Crippen MR) is 80.2 cm³/mol. The molecule has 112 valence electrons. The minimum absolute atomic E-state index is 0.211. The van der Waals surface area contributed by atoms with Crippen molar-refractivity contribution < 1.29 is 9.53 Å². The number of anilines is 1. The molecular weight excluding hydrogens is 266 g/mol. The van der Waals surface area contributed by atoms with Crippen LogP contribution in [0.25, 0.3) is 0 Å². The minimum atomic E-state index is -0.680. The van der Waals surface area contributed by atoms with E-state index in [1.54, 1.807) is 11.0 Å². The third kappa shape index (κ3) is 2.80. The summed E-state index contributed by atoms with van der Waals surface area (Å²) < 4.78 is 5.47. The predicted octanol–water partition coefficient (Wildman–Crippen LogP) is 3.15. The first-order chi connectivity index (χ1) is 9.67. The molecule has 1 unspecified atom stereocenters. The van der Waals surface area contributed by atoms with Gasteiger partial charge in [-0.1, -0.05) is 6.07 Å². The first kappa shape index (κ1) is 15.2. The highest BCUT2D eigenvalue weighted by atomic mass is 16.6. The van der Waals surface area contributed by atoms with Crippen molar-refractivity contribution in [2.24, 2.45) is 0 Å². The molecule has 1 heterocycles. The molecule has 0 spiro atoms. The van der Waals surface area contributed by atoms with E-state index in [-0.39, 0.29) is 6.42 Å². The molecule has 5 heteroatoms. The van der Waals surface area contributed by atoms with Crippen molar-refractivity contribution in [2.45, 2.75) is 51.8 Å². The number of rotatable bonds is 1. The summed E-state index contributed by atoms with van der Waals surface area (Å²) in [5, 5.41) is 9.15. The average molecular weight is 287 g/mol. The van der Waals surface area contributed by atoms with Crippen LogP contribution in [-0.2, 0) is 16.8 Å². The van der Waals surface area contributed by atoms with Gasteiger partial charge in [0.25, 0.3) is 0 Å². The molecule has 1 aromatic rings. The Balaban J connectivity index is 2.40. The van der Waals surface area contributed by atoms with Crippen LogP contribution in [0, 0.1) is 11.3 Å². The molecule has 5 nitrogen and oxygen atoms in total. The molecule has 1 aliphatic rings. The smallest absolute Gasteiger partial charge is 0.411 e. The van der Waals surface area contributed by atoms with E-state index in [0.29, 0.717) is 12.2 Å². The second-order valence-corrected chi connectivity index (χ2v) is 6.59. The maximum Gasteiger partial charge on any atom is 0.411 e. The molecule has 0 saturated heterocycles. The van der Waals surface area contributed by atoms with Gasteiger partial charge in [-0.05, 0) is 51.0 Å². The molecule has 21 heavy (non-hydrogen) atoms. The zero-order valence-corrected chi connectivity index (χ0v) is 12.9. The average Bonchev–Trinajstić information content (AvgIpc) is 2.60. The van der Waals surface area contributed by atoms with Crippen LogP contribution < -0.4 is 5.73 Å². The Morgan fingerprint density at radius 3 is 2.76 bits per heavy atom. The van der Waals surface area contributed by atoms with Crippen LogP contribution in [0.2, 0.25) is 0 Å². The van der Waals surface area contributed by atoms with Gasteiger partial charge in [0, 0.05) is 5.69 Å². The molecule has 1 atom stereocenters. The summed E-state index contributed by atoms with van der Waals surface area (Å²) in [7, 11) is 0. The molecule has 1 amide bonds. The van der Waals surface area contributed by atoms with E-state index in [0.717, 1.165) is 11.1 Å². The Kier molecular flexibility index (Phi) is 3.58. The van der Waals surface area contributed by atoms with Gasteiger partial charge < -0.3 is 10.5 Å². The molecular formula is C16H21N3O2. The maximum atomic E-state index is 12.5. The fourth-order valence-electron chi connectivity index (χ4n) is 2.69. The topological polar surface area (TPSA) is 79.3 Å². The van der Waals surface area contributed by atoms with E-state index in [9.17, 15) is 4.79 Å². The molecule has 0 saturated carbocycles. The second kappa shape index (κ2) is 4.96. The Bertz CT molecular complexity index is 613. The van der Waals surface area contributed by atoms with E-state index < -0.39 is 17.2 Å². The highest BCUT2D eigenvalue weighted by Gasteiger charge is 2.45. The number of hydrogen-bond acceptors (Lipinski definition) is 4. The van der Waals surface area contributed by atoms with Crippen molar-refractivity contribution in [3.8, 4) is 6.07 Å². The third-order valence-electron chi connectivity index (χ3n) is 3.67. The molecule has 0 bridgehead atoms. The summed E-state index contributed by atoms with van der Waals surface area (Å²) in [5.41, 5.74) is 7.15. The fraction of sp³-hybridized carbons (Fsp3) is 0.500. The van der Waals surface area contributed by atoms with Crippen molar-refractivity contribution in [1.82, 2.24) is 4.90 Å². The summed E-state index contributed by atoms with van der Waals surface area (Å²) in [6.07, 6.45) is -0.196. The molecule has 0 radical (unpaired) electrons. The maximum absolute atomic E-state index is 12.5. The van der Waals surface area contributed by atoms with Gasteiger partial charge in [0.15, 0.2) is 0 Å². The van der Waals surface area contributed by atoms with Crippen molar-refractivity contribution in [1.29, 1.82) is 5.26 Å². The second-order valence-electron chi connectivity index (χ2n) is 6.59. The summed E-state index contributed by atoms with van der Waals surface area (Å²) >= 11 is 0. The monoisotopic (exact) mass is 287 g/mol. The lowest BCUT2D eigenvalue weighted by Gasteiger charge is -2.35. The minimum Gasteiger partial charge on any atom is -0.444 e. The number of amides is 1. The number of nitrogen functional groups attached to an aromatic ring is 1. The highest BCUT2D eigenvalue weighted by Crippen LogP contribution is 2.42. The lowest BCUT2D eigenvalue weighted by atomic mass is 9.89. The summed E-state index contributed by atoms with van der Waals surface area (Å²) in [6, 6.07) is 7.72. The van der Waals surface area contributed by atoms with Gasteiger partial charge in [0.2, 0.25) is 0 Å². The molecule has 1 aromatic carbocycles. The number of carbonyl (C=O) groups is 1. The zero-order valence-electron chi connectivity index (χ0n) is 12.9. The number of carbonyl (C=O) groups excluding carboxylic acids is 1. The van der Waals surface area contributed by atoms with Crippen LogP contribution in [0.5, 0.6) is 0 Å². The fourth-order valence-corrected chi connectivity index (χ4v) is 2.69. The summed E-state index contributed by atoms with van der Waals surface area (Å²) in [4.78, 5) is 14.1. The van der Waals surface area contributed by atoms with Crippen LogP contribution >= 0.6 is 0 Å². The van der Waals surface area contributed by atoms with Gasteiger partial charge >= 0.3 is 6.09 Å². The van der Waals surface area contributed by atoms with Gasteiger partial charge in [-0.2, -0.15) is 5.26 Å². The van der Waals surface area contributed by atoms with E-state index in [4.69, 9.17) is 15.7 Å². The van der Waals surface area contributed by atoms with Crippen LogP contribution in [0.4, 0.5) is 10.5 Å². The number of hydrogen-bond donors (Lipinski definition) is 1. The van der Waals surface area contributed by atoms with E-state index in [1.165, 1.54) is 0 Å². The molecule has 2 rings (SSSR count). The number of fused-ring (bicyclic) bond motifs is 1.